The van der Waals surface area contributed by atoms with Gasteiger partial charge < -0.3 is 5.32 Å². The Morgan fingerprint density at radius 2 is 1.95 bits per heavy atom. The van der Waals surface area contributed by atoms with Gasteiger partial charge in [0, 0.05) is 18.0 Å². The summed E-state index contributed by atoms with van der Waals surface area (Å²) in [5, 5.41) is 11.0. The first-order chi connectivity index (χ1) is 10.1. The summed E-state index contributed by atoms with van der Waals surface area (Å²) in [6, 6.07) is 10.3. The van der Waals surface area contributed by atoms with Crippen LogP contribution in [0.3, 0.4) is 0 Å². The largest absolute Gasteiger partial charge is 0.376 e. The Balaban J connectivity index is 1.73. The maximum absolute atomic E-state index is 4.69. The molecule has 0 fully saturated rings. The molecule has 0 atom stereocenters. The Hall–Kier alpha value is -2.14. The summed E-state index contributed by atoms with van der Waals surface area (Å²) in [6.07, 6.45) is 0. The van der Waals surface area contributed by atoms with Crippen molar-refractivity contribution in [2.45, 2.75) is 20.4 Å². The molecule has 0 unspecified atom stereocenters. The van der Waals surface area contributed by atoms with Gasteiger partial charge in [-0.2, -0.15) is 5.10 Å². The minimum absolute atomic E-state index is 0.727. The second kappa shape index (κ2) is 5.69. The third-order valence-corrected chi connectivity index (χ3v) is 4.40. The monoisotopic (exact) mass is 298 g/mol. The van der Waals surface area contributed by atoms with Crippen LogP contribution in [-0.2, 0) is 13.6 Å². The molecule has 1 N–H and O–H groups in total. The molecule has 0 saturated heterocycles. The second-order valence-electron chi connectivity index (χ2n) is 5.02. The molecule has 0 aliphatic heterocycles. The molecule has 1 aromatic carbocycles. The van der Waals surface area contributed by atoms with Gasteiger partial charge >= 0.3 is 0 Å². The van der Waals surface area contributed by atoms with E-state index < -0.39 is 0 Å². The van der Waals surface area contributed by atoms with E-state index in [-0.39, 0.29) is 0 Å². The Morgan fingerprint density at radius 1 is 1.19 bits per heavy atom. The smallest absolute Gasteiger partial charge is 0.112 e. The third kappa shape index (κ3) is 2.83. The standard InChI is InChI=1S/C16H18N4S/c1-11-16(12(2)20(3)19-11)17-9-15-18-14(10-21-15)13-7-5-4-6-8-13/h4-8,10,17H,9H2,1-3H3. The number of aromatic nitrogens is 3. The third-order valence-electron chi connectivity index (χ3n) is 3.55. The van der Waals surface area contributed by atoms with Gasteiger partial charge in [0.2, 0.25) is 0 Å². The zero-order chi connectivity index (χ0) is 14.8. The van der Waals surface area contributed by atoms with E-state index in [1.165, 1.54) is 0 Å². The maximum Gasteiger partial charge on any atom is 0.112 e. The van der Waals surface area contributed by atoms with Gasteiger partial charge in [-0.1, -0.05) is 30.3 Å². The highest BCUT2D eigenvalue weighted by Gasteiger charge is 2.10. The molecule has 4 nitrogen and oxygen atoms in total. The quantitative estimate of drug-likeness (QED) is 0.797. The van der Waals surface area contributed by atoms with Gasteiger partial charge in [-0.25, -0.2) is 4.98 Å². The molecule has 3 rings (SSSR count). The van der Waals surface area contributed by atoms with E-state index in [0.29, 0.717) is 0 Å². The van der Waals surface area contributed by atoms with Gasteiger partial charge in [0.25, 0.3) is 0 Å². The number of thiazole rings is 1. The molecule has 2 aromatic heterocycles. The highest BCUT2D eigenvalue weighted by Crippen LogP contribution is 2.23. The van der Waals surface area contributed by atoms with Crippen molar-refractivity contribution in [3.8, 4) is 11.3 Å². The van der Waals surface area contributed by atoms with Crippen LogP contribution in [0.1, 0.15) is 16.4 Å². The fourth-order valence-corrected chi connectivity index (χ4v) is 3.07. The van der Waals surface area contributed by atoms with Crippen LogP contribution in [0.4, 0.5) is 5.69 Å². The van der Waals surface area contributed by atoms with E-state index in [1.54, 1.807) is 11.3 Å². The molecule has 2 heterocycles. The zero-order valence-corrected chi connectivity index (χ0v) is 13.2. The van der Waals surface area contributed by atoms with Crippen molar-refractivity contribution in [1.82, 2.24) is 14.8 Å². The Kier molecular flexibility index (Phi) is 3.75. The van der Waals surface area contributed by atoms with Crippen molar-refractivity contribution >= 4 is 17.0 Å². The number of anilines is 1. The highest BCUT2D eigenvalue weighted by atomic mass is 32.1. The van der Waals surface area contributed by atoms with Crippen molar-refractivity contribution < 1.29 is 0 Å². The first kappa shape index (κ1) is 13.8. The molecule has 21 heavy (non-hydrogen) atoms. The van der Waals surface area contributed by atoms with E-state index in [4.69, 9.17) is 4.98 Å². The van der Waals surface area contributed by atoms with Gasteiger partial charge in [0.1, 0.15) is 5.01 Å². The predicted molar refractivity (Wildman–Crippen MR) is 87.6 cm³/mol. The van der Waals surface area contributed by atoms with E-state index >= 15 is 0 Å². The summed E-state index contributed by atoms with van der Waals surface area (Å²) in [7, 11) is 1.96. The summed E-state index contributed by atoms with van der Waals surface area (Å²) in [5.41, 5.74) is 5.47. The Morgan fingerprint density at radius 3 is 2.62 bits per heavy atom. The lowest BCUT2D eigenvalue weighted by Gasteiger charge is -2.04. The molecule has 0 radical (unpaired) electrons. The van der Waals surface area contributed by atoms with Crippen LogP contribution in [-0.4, -0.2) is 14.8 Å². The molecule has 0 bridgehead atoms. The van der Waals surface area contributed by atoms with Gasteiger partial charge in [0.05, 0.1) is 29.3 Å². The van der Waals surface area contributed by atoms with Crippen molar-refractivity contribution in [2.75, 3.05) is 5.32 Å². The summed E-state index contributed by atoms with van der Waals surface area (Å²) in [5.74, 6) is 0. The zero-order valence-electron chi connectivity index (χ0n) is 12.4. The minimum atomic E-state index is 0.727. The SMILES string of the molecule is Cc1nn(C)c(C)c1NCc1nc(-c2ccccc2)cs1. The number of rotatable bonds is 4. The Bertz CT molecular complexity index is 743. The lowest BCUT2D eigenvalue weighted by Crippen LogP contribution is -2.01. The molecule has 0 amide bonds. The topological polar surface area (TPSA) is 42.7 Å². The first-order valence-corrected chi connectivity index (χ1v) is 7.77. The molecule has 0 saturated carbocycles. The first-order valence-electron chi connectivity index (χ1n) is 6.89. The molecule has 0 spiro atoms. The van der Waals surface area contributed by atoms with E-state index in [1.807, 2.05) is 36.9 Å². The number of nitrogens with zero attached hydrogens (tertiary/aromatic N) is 3. The molecular formula is C16H18N4S. The van der Waals surface area contributed by atoms with Crippen LogP contribution in [0.2, 0.25) is 0 Å². The summed E-state index contributed by atoms with van der Waals surface area (Å²) >= 11 is 1.68. The number of nitrogens with one attached hydrogen (secondary N) is 1. The van der Waals surface area contributed by atoms with Gasteiger partial charge in [-0.15, -0.1) is 11.3 Å². The lowest BCUT2D eigenvalue weighted by molar-refractivity contribution is 0.731. The fraction of sp³-hybridized carbons (Fsp3) is 0.250. The summed E-state index contributed by atoms with van der Waals surface area (Å²) < 4.78 is 1.90. The fourth-order valence-electron chi connectivity index (χ4n) is 2.33. The molecule has 0 aliphatic carbocycles. The minimum Gasteiger partial charge on any atom is -0.376 e. The number of hydrogen-bond donors (Lipinski definition) is 1. The summed E-state index contributed by atoms with van der Waals surface area (Å²) in [6.45, 7) is 4.82. The van der Waals surface area contributed by atoms with Crippen LogP contribution in [0.25, 0.3) is 11.3 Å². The number of benzene rings is 1. The van der Waals surface area contributed by atoms with Crippen molar-refractivity contribution in [3.63, 3.8) is 0 Å². The normalized spacial score (nSPS) is 10.8. The molecular weight excluding hydrogens is 280 g/mol. The maximum atomic E-state index is 4.69. The van der Waals surface area contributed by atoms with Crippen molar-refractivity contribution in [2.24, 2.45) is 7.05 Å². The predicted octanol–water partition coefficient (Wildman–Crippen LogP) is 3.77. The van der Waals surface area contributed by atoms with Gasteiger partial charge in [0.15, 0.2) is 0 Å². The highest BCUT2D eigenvalue weighted by molar-refractivity contribution is 7.09. The molecule has 3 aromatic rings. The van der Waals surface area contributed by atoms with Crippen molar-refractivity contribution in [1.29, 1.82) is 0 Å². The van der Waals surface area contributed by atoms with Crippen LogP contribution in [0.15, 0.2) is 35.7 Å². The number of aryl methyl sites for hydroxylation is 2. The Labute approximate surface area is 128 Å². The van der Waals surface area contributed by atoms with Crippen LogP contribution in [0, 0.1) is 13.8 Å². The molecule has 5 heteroatoms. The van der Waals surface area contributed by atoms with Crippen LogP contribution >= 0.6 is 11.3 Å². The van der Waals surface area contributed by atoms with Gasteiger partial charge in [-0.05, 0) is 13.8 Å². The van der Waals surface area contributed by atoms with Crippen molar-refractivity contribution in [3.05, 3.63) is 52.1 Å². The molecule has 0 aliphatic rings. The van der Waals surface area contributed by atoms with Crippen LogP contribution < -0.4 is 5.32 Å². The van der Waals surface area contributed by atoms with Gasteiger partial charge in [-0.3, -0.25) is 4.68 Å². The number of hydrogen-bond acceptors (Lipinski definition) is 4. The lowest BCUT2D eigenvalue weighted by atomic mass is 10.2. The van der Waals surface area contributed by atoms with Crippen LogP contribution in [0.5, 0.6) is 0 Å². The second-order valence-corrected chi connectivity index (χ2v) is 5.96. The molecule has 108 valence electrons. The van der Waals surface area contributed by atoms with E-state index in [2.05, 4.69) is 34.9 Å². The average Bonchev–Trinajstić information content (AvgIpc) is 3.05. The average molecular weight is 298 g/mol. The van der Waals surface area contributed by atoms with E-state index in [0.717, 1.165) is 39.9 Å². The summed E-state index contributed by atoms with van der Waals surface area (Å²) in [4.78, 5) is 4.69. The van der Waals surface area contributed by atoms with E-state index in [9.17, 15) is 0 Å².